The Labute approximate surface area is 150 Å². The highest BCUT2D eigenvalue weighted by molar-refractivity contribution is 5.84. The van der Waals surface area contributed by atoms with Crippen LogP contribution in [0.25, 0.3) is 0 Å². The minimum absolute atomic E-state index is 0.221. The lowest BCUT2D eigenvalue weighted by molar-refractivity contribution is -0.398. The zero-order valence-electron chi connectivity index (χ0n) is 14.6. The number of carbonyl (C=O) groups excluding carboxylic acids is 1. The Bertz CT molecular complexity index is 854. The first kappa shape index (κ1) is 18.9. The monoisotopic (exact) mass is 356 g/mol. The number of hydrazone groups is 1. The lowest BCUT2D eigenvalue weighted by Gasteiger charge is -2.12. The van der Waals surface area contributed by atoms with Crippen LogP contribution in [0.2, 0.25) is 0 Å². The molecular formula is C18H18N3O5-. The van der Waals surface area contributed by atoms with Gasteiger partial charge in [0.2, 0.25) is 0 Å². The van der Waals surface area contributed by atoms with Crippen molar-refractivity contribution in [2.75, 3.05) is 6.61 Å². The van der Waals surface area contributed by atoms with Gasteiger partial charge < -0.3 is 9.84 Å². The van der Waals surface area contributed by atoms with Gasteiger partial charge >= 0.3 is 0 Å². The van der Waals surface area contributed by atoms with E-state index < -0.39 is 22.3 Å². The zero-order chi connectivity index (χ0) is 19.3. The Morgan fingerprint density at radius 2 is 1.88 bits per heavy atom. The quantitative estimate of drug-likeness (QED) is 0.483. The van der Waals surface area contributed by atoms with E-state index in [0.717, 1.165) is 28.8 Å². The smallest absolute Gasteiger partial charge is 0.277 e. The van der Waals surface area contributed by atoms with Crippen LogP contribution in [0.4, 0.5) is 5.69 Å². The van der Waals surface area contributed by atoms with Crippen molar-refractivity contribution in [1.82, 2.24) is 5.43 Å². The third kappa shape index (κ3) is 4.79. The van der Waals surface area contributed by atoms with Crippen molar-refractivity contribution in [3.05, 3.63) is 62.7 Å². The Kier molecular flexibility index (Phi) is 5.90. The minimum Gasteiger partial charge on any atom is -0.868 e. The molecular weight excluding hydrogens is 338 g/mol. The highest BCUT2D eigenvalue weighted by Gasteiger charge is 2.09. The third-order valence-electron chi connectivity index (χ3n) is 3.53. The summed E-state index contributed by atoms with van der Waals surface area (Å²) in [7, 11) is 0. The number of nitrogens with zero attached hydrogens (tertiary/aromatic N) is 2. The van der Waals surface area contributed by atoms with E-state index in [1.165, 1.54) is 12.3 Å². The summed E-state index contributed by atoms with van der Waals surface area (Å²) in [5.74, 6) is -0.514. The van der Waals surface area contributed by atoms with Crippen LogP contribution in [-0.2, 0) is 4.79 Å². The van der Waals surface area contributed by atoms with Crippen LogP contribution >= 0.6 is 0 Å². The van der Waals surface area contributed by atoms with Gasteiger partial charge in [0.25, 0.3) is 11.6 Å². The molecule has 0 aliphatic rings. The summed E-state index contributed by atoms with van der Waals surface area (Å²) in [5, 5.41) is 25.8. The van der Waals surface area contributed by atoms with Crippen molar-refractivity contribution in [3.8, 4) is 11.5 Å². The number of carbonyl (C=O) groups is 1. The molecule has 8 nitrogen and oxygen atoms in total. The molecule has 0 bridgehead atoms. The van der Waals surface area contributed by atoms with Crippen LogP contribution in [0.15, 0.2) is 35.4 Å². The highest BCUT2D eigenvalue weighted by atomic mass is 16.6. The van der Waals surface area contributed by atoms with Crippen molar-refractivity contribution >= 4 is 17.8 Å². The predicted octanol–water partition coefficient (Wildman–Crippen LogP) is 2.12. The van der Waals surface area contributed by atoms with Gasteiger partial charge in [0.05, 0.1) is 11.1 Å². The Morgan fingerprint density at radius 3 is 2.50 bits per heavy atom. The maximum atomic E-state index is 11.8. The van der Waals surface area contributed by atoms with Gasteiger partial charge in [-0.25, -0.2) is 5.43 Å². The third-order valence-corrected chi connectivity index (χ3v) is 3.53. The number of benzene rings is 2. The number of nitro benzene ring substituents is 1. The molecule has 1 N–H and O–H groups in total. The SMILES string of the molecule is Cc1cc(C)c(OCC(=O)N/N=C\c2ccc([O-])c([N+](=O)[O-])c2)c(C)c1. The second kappa shape index (κ2) is 8.11. The predicted molar refractivity (Wildman–Crippen MR) is 94.4 cm³/mol. The summed E-state index contributed by atoms with van der Waals surface area (Å²) < 4.78 is 5.54. The molecule has 0 atom stereocenters. The number of nitro groups is 1. The number of hydrogen-bond acceptors (Lipinski definition) is 6. The van der Waals surface area contributed by atoms with Gasteiger partial charge in [-0.3, -0.25) is 14.9 Å². The molecule has 0 radical (unpaired) electrons. The van der Waals surface area contributed by atoms with Crippen molar-refractivity contribution < 1.29 is 19.6 Å². The second-order valence-corrected chi connectivity index (χ2v) is 5.79. The van der Waals surface area contributed by atoms with E-state index in [2.05, 4.69) is 10.5 Å². The summed E-state index contributed by atoms with van der Waals surface area (Å²) in [6, 6.07) is 7.47. The van der Waals surface area contributed by atoms with Crippen molar-refractivity contribution in [3.63, 3.8) is 0 Å². The molecule has 26 heavy (non-hydrogen) atoms. The average molecular weight is 356 g/mol. The van der Waals surface area contributed by atoms with E-state index >= 15 is 0 Å². The fourth-order valence-corrected chi connectivity index (χ4v) is 2.50. The first-order chi connectivity index (χ1) is 12.3. The molecule has 0 fully saturated rings. The van der Waals surface area contributed by atoms with E-state index in [9.17, 15) is 20.0 Å². The summed E-state index contributed by atoms with van der Waals surface area (Å²) in [4.78, 5) is 21.8. The van der Waals surface area contributed by atoms with Gasteiger partial charge in [0, 0.05) is 11.6 Å². The molecule has 8 heteroatoms. The summed E-state index contributed by atoms with van der Waals surface area (Å²) >= 11 is 0. The number of amides is 1. The van der Waals surface area contributed by atoms with Crippen LogP contribution in [0.5, 0.6) is 11.5 Å². The number of ether oxygens (including phenoxy) is 1. The topological polar surface area (TPSA) is 117 Å². The van der Waals surface area contributed by atoms with Gasteiger partial charge in [-0.15, -0.1) is 0 Å². The van der Waals surface area contributed by atoms with Crippen molar-refractivity contribution in [2.24, 2.45) is 5.10 Å². The lowest BCUT2D eigenvalue weighted by atomic mass is 10.1. The fourth-order valence-electron chi connectivity index (χ4n) is 2.50. The molecule has 0 aromatic heterocycles. The van der Waals surface area contributed by atoms with Crippen molar-refractivity contribution in [2.45, 2.75) is 20.8 Å². The normalized spacial score (nSPS) is 10.7. The summed E-state index contributed by atoms with van der Waals surface area (Å²) in [6.45, 7) is 5.56. The molecule has 0 aliphatic carbocycles. The van der Waals surface area contributed by atoms with Crippen LogP contribution in [0.3, 0.4) is 0 Å². The molecule has 0 unspecified atom stereocenters. The van der Waals surface area contributed by atoms with E-state index in [4.69, 9.17) is 4.74 Å². The molecule has 0 aliphatic heterocycles. The van der Waals surface area contributed by atoms with Crippen LogP contribution < -0.4 is 15.3 Å². The molecule has 0 spiro atoms. The number of hydrogen-bond donors (Lipinski definition) is 1. The van der Waals surface area contributed by atoms with Crippen LogP contribution in [-0.4, -0.2) is 23.7 Å². The van der Waals surface area contributed by atoms with Crippen LogP contribution in [0, 0.1) is 30.9 Å². The maximum absolute atomic E-state index is 11.8. The van der Waals surface area contributed by atoms with E-state index in [1.807, 2.05) is 32.9 Å². The molecule has 2 aromatic carbocycles. The zero-order valence-corrected chi connectivity index (χ0v) is 14.6. The number of nitrogens with one attached hydrogen (secondary N) is 1. The number of rotatable bonds is 6. The molecule has 1 amide bonds. The van der Waals surface area contributed by atoms with Gasteiger partial charge in [-0.2, -0.15) is 5.10 Å². The largest absolute Gasteiger partial charge is 0.868 e. The van der Waals surface area contributed by atoms with Gasteiger partial charge in [-0.05, 0) is 37.6 Å². The van der Waals surface area contributed by atoms with Gasteiger partial charge in [-0.1, -0.05) is 29.8 Å². The first-order valence-electron chi connectivity index (χ1n) is 7.76. The van der Waals surface area contributed by atoms with E-state index in [-0.39, 0.29) is 6.61 Å². The van der Waals surface area contributed by atoms with Crippen molar-refractivity contribution in [1.29, 1.82) is 0 Å². The van der Waals surface area contributed by atoms with Gasteiger partial charge in [0.15, 0.2) is 6.61 Å². The molecule has 0 saturated carbocycles. The van der Waals surface area contributed by atoms with Gasteiger partial charge in [0.1, 0.15) is 5.75 Å². The summed E-state index contributed by atoms with van der Waals surface area (Å²) in [5.41, 5.74) is 5.03. The molecule has 2 aromatic rings. The van der Waals surface area contributed by atoms with E-state index in [0.29, 0.717) is 11.3 Å². The first-order valence-corrected chi connectivity index (χ1v) is 7.76. The highest BCUT2D eigenvalue weighted by Crippen LogP contribution is 2.24. The molecule has 136 valence electrons. The van der Waals surface area contributed by atoms with E-state index in [1.54, 1.807) is 0 Å². The molecule has 0 saturated heterocycles. The Balaban J connectivity index is 1.94. The van der Waals surface area contributed by atoms with Crippen LogP contribution in [0.1, 0.15) is 22.3 Å². The number of aryl methyl sites for hydroxylation is 3. The second-order valence-electron chi connectivity index (χ2n) is 5.79. The average Bonchev–Trinajstić information content (AvgIpc) is 2.55. The Hall–Kier alpha value is -3.42. The Morgan fingerprint density at radius 1 is 1.23 bits per heavy atom. The lowest BCUT2D eigenvalue weighted by Crippen LogP contribution is -2.25. The summed E-state index contributed by atoms with van der Waals surface area (Å²) in [6.07, 6.45) is 1.21. The minimum atomic E-state index is -0.766. The fraction of sp³-hybridized carbons (Fsp3) is 0.222. The molecule has 0 heterocycles. The molecule has 2 rings (SSSR count). The standard InChI is InChI=1S/C18H19N3O5/c1-11-6-12(2)18(13(3)7-11)26-10-17(23)20-19-9-14-4-5-16(22)15(8-14)21(24)25/h4-9,22H,10H2,1-3H3,(H,20,23)/p-1/b19-9-. The maximum Gasteiger partial charge on any atom is 0.277 e.